The van der Waals surface area contributed by atoms with Gasteiger partial charge in [0.15, 0.2) is 0 Å². The molecule has 3 aromatic rings. The molecule has 1 saturated heterocycles. The van der Waals surface area contributed by atoms with Crippen molar-refractivity contribution in [2.45, 2.75) is 76.7 Å². The van der Waals surface area contributed by atoms with E-state index >= 15 is 0 Å². The highest BCUT2D eigenvalue weighted by Crippen LogP contribution is 2.27. The number of sulfonamides is 1. The van der Waals surface area contributed by atoms with Crippen molar-refractivity contribution in [1.29, 1.82) is 0 Å². The quantitative estimate of drug-likeness (QED) is 0.158. The van der Waals surface area contributed by atoms with Gasteiger partial charge >= 0.3 is 0 Å². The second kappa shape index (κ2) is 13.9. The minimum atomic E-state index is -3.61. The first-order valence-corrected chi connectivity index (χ1v) is 15.8. The number of hydrogen-bond acceptors (Lipinski definition) is 8. The topological polar surface area (TPSA) is 150 Å². The van der Waals surface area contributed by atoms with E-state index in [-0.39, 0.29) is 17.1 Å². The monoisotopic (exact) mass is 589 g/mol. The van der Waals surface area contributed by atoms with Gasteiger partial charge in [0.05, 0.1) is 23.6 Å². The number of rotatable bonds is 15. The lowest BCUT2D eigenvalue weighted by molar-refractivity contribution is -0.757. The van der Waals surface area contributed by atoms with Crippen LogP contribution in [-0.2, 0) is 34.2 Å². The summed E-state index contributed by atoms with van der Waals surface area (Å²) in [5.74, 6) is 1.53. The van der Waals surface area contributed by atoms with Crippen molar-refractivity contribution in [3.05, 3.63) is 62.3 Å². The molecule has 0 saturated carbocycles. The lowest BCUT2D eigenvalue weighted by atomic mass is 9.93. The molecule has 1 fully saturated rings. The van der Waals surface area contributed by atoms with Gasteiger partial charge in [0.1, 0.15) is 17.1 Å². The average Bonchev–Trinajstić information content (AvgIpc) is 3.32. The normalized spacial score (nSPS) is 14.9. The molecule has 224 valence electrons. The van der Waals surface area contributed by atoms with Crippen LogP contribution in [0.2, 0.25) is 0 Å². The first kappa shape index (κ1) is 30.5. The van der Waals surface area contributed by atoms with Crippen molar-refractivity contribution in [3.63, 3.8) is 0 Å². The van der Waals surface area contributed by atoms with Crippen molar-refractivity contribution in [3.8, 4) is 5.75 Å². The molecule has 0 amide bonds. The van der Waals surface area contributed by atoms with Gasteiger partial charge in [-0.1, -0.05) is 13.3 Å². The number of aryl methyl sites for hydroxylation is 3. The number of aromatic nitrogens is 3. The van der Waals surface area contributed by atoms with Crippen LogP contribution < -0.4 is 10.3 Å². The highest BCUT2D eigenvalue weighted by Gasteiger charge is 2.29. The van der Waals surface area contributed by atoms with E-state index in [9.17, 15) is 23.3 Å². The van der Waals surface area contributed by atoms with Gasteiger partial charge in [-0.15, -0.1) is 10.1 Å². The van der Waals surface area contributed by atoms with E-state index < -0.39 is 15.1 Å². The molecule has 12 nitrogen and oxygen atoms in total. The third-order valence-electron chi connectivity index (χ3n) is 7.52. The Morgan fingerprint density at radius 2 is 1.83 bits per heavy atom. The maximum absolute atomic E-state index is 13.1. The highest BCUT2D eigenvalue weighted by atomic mass is 32.2. The highest BCUT2D eigenvalue weighted by molar-refractivity contribution is 7.89. The van der Waals surface area contributed by atoms with Gasteiger partial charge in [-0.3, -0.25) is 4.79 Å². The molecule has 41 heavy (non-hydrogen) atoms. The Kier molecular flexibility index (Phi) is 10.4. The third-order valence-corrected chi connectivity index (χ3v) is 9.43. The largest absolute Gasteiger partial charge is 0.494 e. The van der Waals surface area contributed by atoms with Crippen LogP contribution in [0.4, 0.5) is 0 Å². The Bertz CT molecular complexity index is 1480. The van der Waals surface area contributed by atoms with E-state index in [1.165, 1.54) is 4.31 Å². The van der Waals surface area contributed by atoms with Gasteiger partial charge < -0.3 is 19.1 Å². The summed E-state index contributed by atoms with van der Waals surface area (Å²) in [7, 11) is -3.61. The molecule has 0 spiro atoms. The summed E-state index contributed by atoms with van der Waals surface area (Å²) < 4.78 is 35.5. The number of H-pyrrole nitrogens is 1. The van der Waals surface area contributed by atoms with E-state index in [1.54, 1.807) is 24.3 Å². The second-order valence-electron chi connectivity index (χ2n) is 10.4. The number of ether oxygens (including phenoxy) is 1. The fourth-order valence-corrected chi connectivity index (χ4v) is 6.84. The molecule has 4 rings (SSSR count). The van der Waals surface area contributed by atoms with E-state index in [4.69, 9.17) is 9.72 Å². The number of piperidine rings is 1. The van der Waals surface area contributed by atoms with Crippen LogP contribution in [0.3, 0.4) is 0 Å². The van der Waals surface area contributed by atoms with E-state index in [1.807, 2.05) is 17.7 Å². The predicted octanol–water partition coefficient (Wildman–Crippen LogP) is 4.10. The van der Waals surface area contributed by atoms with Crippen molar-refractivity contribution in [2.75, 3.05) is 26.3 Å². The lowest BCUT2D eigenvalue weighted by Crippen LogP contribution is -2.38. The number of aromatic amines is 1. The van der Waals surface area contributed by atoms with Gasteiger partial charge in [-0.2, -0.15) is 4.31 Å². The third kappa shape index (κ3) is 7.64. The standard InChI is InChI=1S/C28H39N5O7S/c1-3-7-22-20-31(4-2)27-26(22)29-25(30-28(27)34)9-6-18-39-23-10-12-24(13-11-23)41(37,38)32-16-14-21(15-17-32)8-5-19-40-33(35)36/h10-13,20-21H,3-9,14-19H2,1-2H3,(H,29,30,34). The molecule has 1 aromatic carbocycles. The van der Waals surface area contributed by atoms with Crippen molar-refractivity contribution in [2.24, 2.45) is 5.92 Å². The van der Waals surface area contributed by atoms with Crippen molar-refractivity contribution in [1.82, 2.24) is 18.8 Å². The summed E-state index contributed by atoms with van der Waals surface area (Å²) >= 11 is 0. The molecule has 0 radical (unpaired) electrons. The van der Waals surface area contributed by atoms with Gasteiger partial charge in [0.2, 0.25) is 10.0 Å². The summed E-state index contributed by atoms with van der Waals surface area (Å²) in [4.78, 5) is 35.2. The Morgan fingerprint density at radius 1 is 1.10 bits per heavy atom. The zero-order valence-electron chi connectivity index (χ0n) is 23.7. The molecule has 1 aliphatic heterocycles. The maximum atomic E-state index is 13.1. The average molecular weight is 590 g/mol. The number of nitrogens with zero attached hydrogens (tertiary/aromatic N) is 4. The smallest absolute Gasteiger partial charge is 0.294 e. The number of nitrogens with one attached hydrogen (secondary N) is 1. The molecular formula is C28H39N5O7S. The molecule has 0 unspecified atom stereocenters. The number of benzene rings is 1. The second-order valence-corrected chi connectivity index (χ2v) is 12.3. The van der Waals surface area contributed by atoms with E-state index in [0.717, 1.165) is 43.2 Å². The minimum Gasteiger partial charge on any atom is -0.494 e. The van der Waals surface area contributed by atoms with Gasteiger partial charge in [-0.25, -0.2) is 13.4 Å². The van der Waals surface area contributed by atoms with Crippen LogP contribution >= 0.6 is 0 Å². The fourth-order valence-electron chi connectivity index (χ4n) is 5.37. The molecule has 0 bridgehead atoms. The zero-order chi connectivity index (χ0) is 29.4. The molecule has 1 aliphatic rings. The minimum absolute atomic E-state index is 0.0692. The Morgan fingerprint density at radius 3 is 2.49 bits per heavy atom. The molecule has 13 heteroatoms. The molecule has 0 atom stereocenters. The summed E-state index contributed by atoms with van der Waals surface area (Å²) in [6, 6.07) is 6.44. The summed E-state index contributed by atoms with van der Waals surface area (Å²) in [5, 5.41) is 9.46. The Balaban J connectivity index is 1.26. The van der Waals surface area contributed by atoms with Crippen molar-refractivity contribution >= 4 is 21.1 Å². The van der Waals surface area contributed by atoms with Gasteiger partial charge in [-0.05, 0) is 81.2 Å². The maximum Gasteiger partial charge on any atom is 0.294 e. The zero-order valence-corrected chi connectivity index (χ0v) is 24.5. The van der Waals surface area contributed by atoms with Crippen LogP contribution in [0.25, 0.3) is 11.0 Å². The lowest BCUT2D eigenvalue weighted by Gasteiger charge is -2.31. The van der Waals surface area contributed by atoms with Gasteiger partial charge in [0, 0.05) is 32.3 Å². The Hall–Kier alpha value is -3.45. The first-order chi connectivity index (χ1) is 19.7. The molecule has 1 N–H and O–H groups in total. The van der Waals surface area contributed by atoms with Crippen LogP contribution in [0.1, 0.15) is 63.8 Å². The summed E-state index contributed by atoms with van der Waals surface area (Å²) in [5.41, 5.74) is 2.36. The summed E-state index contributed by atoms with van der Waals surface area (Å²) in [6.07, 6.45) is 7.86. The van der Waals surface area contributed by atoms with Crippen LogP contribution in [-0.4, -0.2) is 58.6 Å². The SMILES string of the molecule is CCCc1cn(CC)c2c(=O)[nH]c(CCCOc3ccc(S(=O)(=O)N4CCC(CCCO[N+](=O)[O-])CC4)cc3)nc12. The number of hydrogen-bond donors (Lipinski definition) is 1. The Labute approximate surface area is 239 Å². The fraction of sp³-hybridized carbons (Fsp3) is 0.571. The summed E-state index contributed by atoms with van der Waals surface area (Å²) in [6.45, 7) is 6.14. The van der Waals surface area contributed by atoms with Gasteiger partial charge in [0.25, 0.3) is 10.6 Å². The number of fused-ring (bicyclic) bond motifs is 1. The van der Waals surface area contributed by atoms with E-state index in [2.05, 4.69) is 16.7 Å². The molecule has 0 aliphatic carbocycles. The van der Waals surface area contributed by atoms with Crippen LogP contribution in [0.5, 0.6) is 5.75 Å². The van der Waals surface area contributed by atoms with Crippen LogP contribution in [0, 0.1) is 16.0 Å². The molecule has 2 aromatic heterocycles. The predicted molar refractivity (Wildman–Crippen MR) is 154 cm³/mol. The van der Waals surface area contributed by atoms with E-state index in [0.29, 0.717) is 68.5 Å². The first-order valence-electron chi connectivity index (χ1n) is 14.3. The molecular weight excluding hydrogens is 550 g/mol. The molecule has 3 heterocycles. The van der Waals surface area contributed by atoms with Crippen molar-refractivity contribution < 1.29 is 23.1 Å². The van der Waals surface area contributed by atoms with Crippen LogP contribution in [0.15, 0.2) is 40.2 Å².